The molecule has 2 atom stereocenters. The van der Waals surface area contributed by atoms with Gasteiger partial charge in [0, 0.05) is 10.6 Å². The molecule has 0 fully saturated rings. The van der Waals surface area contributed by atoms with E-state index in [2.05, 4.69) is 0 Å². The van der Waals surface area contributed by atoms with Crippen LogP contribution in [0.4, 0.5) is 13.2 Å². The Balaban J connectivity index is 3.09. The zero-order valence-electron chi connectivity index (χ0n) is 10.7. The van der Waals surface area contributed by atoms with E-state index in [-0.39, 0.29) is 10.6 Å². The topological polar surface area (TPSA) is 92.4 Å². The molecule has 4 N–H and O–H groups in total. The third-order valence-electron chi connectivity index (χ3n) is 2.80. The molecule has 0 aromatic heterocycles. The monoisotopic (exact) mass is 324 g/mol. The Morgan fingerprint density at radius 3 is 2.29 bits per heavy atom. The van der Waals surface area contributed by atoms with Crippen LogP contribution in [-0.4, -0.2) is 28.7 Å². The number of carbonyl (C=O) groups is 2. The lowest BCUT2D eigenvalue weighted by Gasteiger charge is -2.28. The number of nitrogens with one attached hydrogen (secondary N) is 1. The summed E-state index contributed by atoms with van der Waals surface area (Å²) in [6.45, 7) is 0.452. The van der Waals surface area contributed by atoms with Crippen LogP contribution in [0.15, 0.2) is 24.3 Å². The van der Waals surface area contributed by atoms with Gasteiger partial charge in [-0.2, -0.15) is 13.2 Å². The number of hydrogen-bond donors (Lipinski definition) is 3. The number of alkyl halides is 3. The summed E-state index contributed by atoms with van der Waals surface area (Å²) < 4.78 is 38.0. The lowest BCUT2D eigenvalue weighted by Crippen LogP contribution is -2.62. The van der Waals surface area contributed by atoms with Gasteiger partial charge >= 0.3 is 12.1 Å². The van der Waals surface area contributed by atoms with Gasteiger partial charge < -0.3 is 16.2 Å². The second-order valence-corrected chi connectivity index (χ2v) is 4.87. The number of nitrogens with two attached hydrogens (primary N) is 1. The molecular weight excluding hydrogens is 313 g/mol. The van der Waals surface area contributed by atoms with Crippen molar-refractivity contribution in [2.45, 2.75) is 24.7 Å². The first-order valence-corrected chi connectivity index (χ1v) is 6.00. The van der Waals surface area contributed by atoms with E-state index in [0.29, 0.717) is 6.92 Å². The van der Waals surface area contributed by atoms with Crippen molar-refractivity contribution >= 4 is 23.5 Å². The van der Waals surface area contributed by atoms with Crippen LogP contribution in [0.5, 0.6) is 0 Å². The van der Waals surface area contributed by atoms with Crippen molar-refractivity contribution in [3.8, 4) is 0 Å². The van der Waals surface area contributed by atoms with Crippen LogP contribution in [0.2, 0.25) is 5.02 Å². The molecule has 0 radical (unpaired) electrons. The third-order valence-corrected chi connectivity index (χ3v) is 3.14. The Bertz CT molecular complexity index is 561. The Labute approximate surface area is 122 Å². The highest BCUT2D eigenvalue weighted by Gasteiger charge is 2.54. The van der Waals surface area contributed by atoms with Crippen molar-refractivity contribution < 1.29 is 27.9 Å². The quantitative estimate of drug-likeness (QED) is 0.788. The molecule has 1 aromatic rings. The molecule has 0 aliphatic carbocycles. The summed E-state index contributed by atoms with van der Waals surface area (Å²) in [6.07, 6.45) is -5.03. The van der Waals surface area contributed by atoms with Crippen LogP contribution in [0.3, 0.4) is 0 Å². The first-order valence-electron chi connectivity index (χ1n) is 5.62. The molecule has 0 spiro atoms. The fourth-order valence-electron chi connectivity index (χ4n) is 1.39. The Morgan fingerprint density at radius 2 is 1.86 bits per heavy atom. The van der Waals surface area contributed by atoms with Gasteiger partial charge in [-0.15, -0.1) is 0 Å². The number of carboxylic acids is 1. The SMILES string of the molecule is CC(N)(C(=O)N[C@@H](C(=O)O)c1ccccc1Cl)C(F)(F)F. The van der Waals surface area contributed by atoms with E-state index in [1.165, 1.54) is 24.3 Å². The largest absolute Gasteiger partial charge is 0.479 e. The average Bonchev–Trinajstić information content (AvgIpc) is 2.34. The van der Waals surface area contributed by atoms with Gasteiger partial charge in [0.2, 0.25) is 5.91 Å². The predicted molar refractivity (Wildman–Crippen MR) is 68.6 cm³/mol. The van der Waals surface area contributed by atoms with Crippen molar-refractivity contribution in [2.75, 3.05) is 0 Å². The molecule has 0 saturated heterocycles. The summed E-state index contributed by atoms with van der Waals surface area (Å²) in [7, 11) is 0. The molecule has 1 unspecified atom stereocenters. The minimum absolute atomic E-state index is 0.00377. The lowest BCUT2D eigenvalue weighted by atomic mass is 10.00. The molecule has 1 rings (SSSR count). The maximum atomic E-state index is 12.7. The zero-order chi connectivity index (χ0) is 16.4. The molecule has 21 heavy (non-hydrogen) atoms. The van der Waals surface area contributed by atoms with Gasteiger partial charge in [0.05, 0.1) is 0 Å². The number of halogens is 4. The van der Waals surface area contributed by atoms with Crippen molar-refractivity contribution in [3.05, 3.63) is 34.9 Å². The van der Waals surface area contributed by atoms with Gasteiger partial charge in [0.15, 0.2) is 11.6 Å². The molecule has 116 valence electrons. The Morgan fingerprint density at radius 1 is 1.33 bits per heavy atom. The van der Waals surface area contributed by atoms with E-state index in [0.717, 1.165) is 0 Å². The normalized spacial score (nSPS) is 15.9. The van der Waals surface area contributed by atoms with Crippen molar-refractivity contribution in [1.82, 2.24) is 5.32 Å². The van der Waals surface area contributed by atoms with Crippen LogP contribution in [0, 0.1) is 0 Å². The maximum absolute atomic E-state index is 12.7. The highest BCUT2D eigenvalue weighted by Crippen LogP contribution is 2.29. The van der Waals surface area contributed by atoms with Crippen LogP contribution < -0.4 is 11.1 Å². The molecule has 5 nitrogen and oxygen atoms in total. The minimum atomic E-state index is -5.03. The Hall–Kier alpha value is -1.80. The number of benzene rings is 1. The van der Waals surface area contributed by atoms with Crippen molar-refractivity contribution in [2.24, 2.45) is 5.73 Å². The van der Waals surface area contributed by atoms with Crippen LogP contribution in [0.1, 0.15) is 18.5 Å². The zero-order valence-corrected chi connectivity index (χ0v) is 11.5. The van der Waals surface area contributed by atoms with E-state index in [1.54, 1.807) is 5.32 Å². The fraction of sp³-hybridized carbons (Fsp3) is 0.333. The number of hydrogen-bond acceptors (Lipinski definition) is 3. The van der Waals surface area contributed by atoms with Crippen LogP contribution >= 0.6 is 11.6 Å². The number of amides is 1. The summed E-state index contributed by atoms with van der Waals surface area (Å²) in [4.78, 5) is 22.8. The van der Waals surface area contributed by atoms with Gasteiger partial charge in [0.1, 0.15) is 0 Å². The number of carboxylic acid groups (broad SMARTS) is 1. The lowest BCUT2D eigenvalue weighted by molar-refractivity contribution is -0.188. The van der Waals surface area contributed by atoms with Gasteiger partial charge in [-0.1, -0.05) is 29.8 Å². The molecule has 1 aromatic carbocycles. The van der Waals surface area contributed by atoms with Crippen molar-refractivity contribution in [3.63, 3.8) is 0 Å². The summed E-state index contributed by atoms with van der Waals surface area (Å²) in [5.41, 5.74) is 1.68. The summed E-state index contributed by atoms with van der Waals surface area (Å²) in [5, 5.41) is 10.8. The predicted octanol–water partition coefficient (Wildman–Crippen LogP) is 1.86. The molecule has 0 saturated carbocycles. The molecule has 0 bridgehead atoms. The molecule has 0 heterocycles. The van der Waals surface area contributed by atoms with E-state index in [1.807, 2.05) is 0 Å². The first-order chi connectivity index (χ1) is 9.48. The standard InChI is InChI=1S/C12H12ClF3N2O3/c1-11(17,12(14,15)16)10(21)18-8(9(19)20)6-4-2-3-5-7(6)13/h2-5,8H,17H2,1H3,(H,18,21)(H,19,20)/t8-,11?/m1/s1. The molecule has 1 amide bonds. The van der Waals surface area contributed by atoms with E-state index in [4.69, 9.17) is 22.4 Å². The summed E-state index contributed by atoms with van der Waals surface area (Å²) in [5.74, 6) is -3.23. The van der Waals surface area contributed by atoms with Gasteiger partial charge in [-0.25, -0.2) is 4.79 Å². The van der Waals surface area contributed by atoms with Gasteiger partial charge in [-0.05, 0) is 13.0 Å². The summed E-state index contributed by atoms with van der Waals surface area (Å²) >= 11 is 5.78. The first kappa shape index (κ1) is 17.3. The van der Waals surface area contributed by atoms with E-state index < -0.39 is 29.6 Å². The van der Waals surface area contributed by atoms with E-state index >= 15 is 0 Å². The van der Waals surface area contributed by atoms with Crippen molar-refractivity contribution in [1.29, 1.82) is 0 Å². The second-order valence-electron chi connectivity index (χ2n) is 4.47. The molecular formula is C12H12ClF3N2O3. The van der Waals surface area contributed by atoms with Gasteiger partial charge in [-0.3, -0.25) is 4.79 Å². The number of rotatable bonds is 4. The smallest absolute Gasteiger partial charge is 0.415 e. The third kappa shape index (κ3) is 3.64. The number of aliphatic carboxylic acids is 1. The second kappa shape index (κ2) is 5.90. The fourth-order valence-corrected chi connectivity index (χ4v) is 1.64. The molecule has 0 aliphatic heterocycles. The minimum Gasteiger partial charge on any atom is -0.479 e. The van der Waals surface area contributed by atoms with Gasteiger partial charge in [0.25, 0.3) is 0 Å². The Kier molecular flexibility index (Phi) is 4.85. The van der Waals surface area contributed by atoms with Crippen LogP contribution in [0.25, 0.3) is 0 Å². The molecule has 0 aliphatic rings. The average molecular weight is 325 g/mol. The molecule has 9 heteroatoms. The summed E-state index contributed by atoms with van der Waals surface area (Å²) in [6, 6.07) is 3.84. The number of carbonyl (C=O) groups excluding carboxylic acids is 1. The highest BCUT2D eigenvalue weighted by atomic mass is 35.5. The van der Waals surface area contributed by atoms with E-state index in [9.17, 15) is 22.8 Å². The maximum Gasteiger partial charge on any atom is 0.415 e. The highest BCUT2D eigenvalue weighted by molar-refractivity contribution is 6.31. The van der Waals surface area contributed by atoms with Crippen LogP contribution in [-0.2, 0) is 9.59 Å².